The molecule has 0 atom stereocenters. The average molecular weight is 366 g/mol. The van der Waals surface area contributed by atoms with E-state index in [1.54, 1.807) is 19.1 Å². The van der Waals surface area contributed by atoms with Crippen LogP contribution in [0.2, 0.25) is 0 Å². The van der Waals surface area contributed by atoms with Gasteiger partial charge in [0.1, 0.15) is 5.75 Å². The van der Waals surface area contributed by atoms with Crippen molar-refractivity contribution in [3.05, 3.63) is 26.6 Å². The number of nitrogens with zero attached hydrogens (tertiary/aromatic N) is 1. The number of nitrogens with one attached hydrogen (secondary N) is 1. The Morgan fingerprint density at radius 2 is 2.12 bits per heavy atom. The van der Waals surface area contributed by atoms with E-state index in [4.69, 9.17) is 0 Å². The number of benzene rings is 1. The van der Waals surface area contributed by atoms with Crippen LogP contribution in [0.5, 0.6) is 5.75 Å². The average Bonchev–Trinajstić information content (AvgIpc) is 2.30. The number of carbonyl (C=O) groups is 1. The first-order valence-electron chi connectivity index (χ1n) is 4.52. The van der Waals surface area contributed by atoms with Gasteiger partial charge in [-0.05, 0) is 35.0 Å². The van der Waals surface area contributed by atoms with Crippen LogP contribution < -0.4 is 5.43 Å². The Morgan fingerprint density at radius 1 is 1.47 bits per heavy atom. The van der Waals surface area contributed by atoms with E-state index in [-0.39, 0.29) is 5.75 Å². The van der Waals surface area contributed by atoms with Crippen LogP contribution in [0.25, 0.3) is 0 Å². The van der Waals surface area contributed by atoms with E-state index in [1.165, 1.54) is 7.11 Å². The van der Waals surface area contributed by atoms with Crippen molar-refractivity contribution in [2.75, 3.05) is 7.11 Å². The van der Waals surface area contributed by atoms with Gasteiger partial charge < -0.3 is 9.84 Å². The topological polar surface area (TPSA) is 70.9 Å². The highest BCUT2D eigenvalue weighted by molar-refractivity contribution is 9.11. The van der Waals surface area contributed by atoms with Gasteiger partial charge in [0.2, 0.25) is 0 Å². The summed E-state index contributed by atoms with van der Waals surface area (Å²) in [6, 6.07) is 3.40. The molecule has 2 N–H and O–H groups in total. The predicted octanol–water partition coefficient (Wildman–Crippen LogP) is 3.00. The number of amides is 1. The molecule has 5 nitrogen and oxygen atoms in total. The fourth-order valence-corrected chi connectivity index (χ4v) is 2.30. The molecular formula is C10H10Br2N2O3. The van der Waals surface area contributed by atoms with Crippen molar-refractivity contribution in [3.8, 4) is 5.75 Å². The number of carbonyl (C=O) groups excluding carboxylic acids is 1. The molecule has 0 spiro atoms. The minimum absolute atomic E-state index is 0.0566. The molecule has 1 aromatic rings. The quantitative estimate of drug-likeness (QED) is 0.625. The zero-order valence-corrected chi connectivity index (χ0v) is 12.3. The fraction of sp³-hybridized carbons (Fsp3) is 0.200. The molecule has 0 fully saturated rings. The summed E-state index contributed by atoms with van der Waals surface area (Å²) < 4.78 is 5.69. The fourth-order valence-electron chi connectivity index (χ4n) is 1.08. The van der Waals surface area contributed by atoms with E-state index in [0.717, 1.165) is 4.47 Å². The summed E-state index contributed by atoms with van der Waals surface area (Å²) in [5.74, 6) is 0.0566. The van der Waals surface area contributed by atoms with Gasteiger partial charge >= 0.3 is 6.09 Å². The first-order chi connectivity index (χ1) is 7.95. The third kappa shape index (κ3) is 3.71. The van der Waals surface area contributed by atoms with Crippen LogP contribution in [-0.4, -0.2) is 24.0 Å². The lowest BCUT2D eigenvalue weighted by Gasteiger charge is -2.07. The van der Waals surface area contributed by atoms with Crippen molar-refractivity contribution in [1.82, 2.24) is 5.43 Å². The number of aromatic hydroxyl groups is 1. The van der Waals surface area contributed by atoms with Crippen LogP contribution in [0.4, 0.5) is 4.79 Å². The lowest BCUT2D eigenvalue weighted by Crippen LogP contribution is -2.18. The molecule has 1 aromatic carbocycles. The standard InChI is InChI=1S/C10H10Br2N2O3/c1-5(13-14-10(16)17-2)7-3-6(11)4-8(12)9(7)15/h3-4,15H,1-2H3,(H,14,16)/b13-5+. The number of rotatable bonds is 2. The molecule has 0 aliphatic heterocycles. The number of halogens is 2. The summed E-state index contributed by atoms with van der Waals surface area (Å²) in [4.78, 5) is 10.8. The van der Waals surface area contributed by atoms with E-state index >= 15 is 0 Å². The number of hydrogen-bond acceptors (Lipinski definition) is 4. The molecule has 0 bridgehead atoms. The van der Waals surface area contributed by atoms with Gasteiger partial charge in [-0.2, -0.15) is 5.10 Å². The summed E-state index contributed by atoms with van der Waals surface area (Å²) in [5, 5.41) is 13.6. The van der Waals surface area contributed by atoms with Gasteiger partial charge in [-0.1, -0.05) is 15.9 Å². The summed E-state index contributed by atoms with van der Waals surface area (Å²) in [6.07, 6.45) is -0.669. The van der Waals surface area contributed by atoms with Gasteiger partial charge in [0.25, 0.3) is 0 Å². The number of hydrazone groups is 1. The molecule has 17 heavy (non-hydrogen) atoms. The minimum Gasteiger partial charge on any atom is -0.506 e. The maximum atomic E-state index is 10.8. The first kappa shape index (κ1) is 14.0. The van der Waals surface area contributed by atoms with Gasteiger partial charge in [-0.15, -0.1) is 0 Å². The second kappa shape index (κ2) is 6.02. The zero-order valence-electron chi connectivity index (χ0n) is 9.12. The number of phenols is 1. The molecule has 0 heterocycles. The van der Waals surface area contributed by atoms with Crippen LogP contribution in [0.15, 0.2) is 26.2 Å². The largest absolute Gasteiger partial charge is 0.506 e. The SMILES string of the molecule is COC(=O)N/N=C(\C)c1cc(Br)cc(Br)c1O. The molecule has 0 aliphatic rings. The Balaban J connectivity index is 3.03. The summed E-state index contributed by atoms with van der Waals surface area (Å²) in [7, 11) is 1.24. The highest BCUT2D eigenvalue weighted by Crippen LogP contribution is 2.31. The summed E-state index contributed by atoms with van der Waals surface area (Å²) in [6.45, 7) is 1.66. The van der Waals surface area contributed by atoms with E-state index in [1.807, 2.05) is 0 Å². The van der Waals surface area contributed by atoms with Gasteiger partial charge in [-0.3, -0.25) is 0 Å². The van der Waals surface area contributed by atoms with Crippen molar-refractivity contribution < 1.29 is 14.6 Å². The van der Waals surface area contributed by atoms with Crippen molar-refractivity contribution >= 4 is 43.7 Å². The van der Waals surface area contributed by atoms with Gasteiger partial charge in [0, 0.05) is 10.0 Å². The van der Waals surface area contributed by atoms with E-state index in [9.17, 15) is 9.90 Å². The van der Waals surface area contributed by atoms with E-state index in [2.05, 4.69) is 47.1 Å². The van der Waals surface area contributed by atoms with Crippen molar-refractivity contribution in [2.45, 2.75) is 6.92 Å². The Morgan fingerprint density at radius 3 is 2.71 bits per heavy atom. The molecule has 1 rings (SSSR count). The maximum Gasteiger partial charge on any atom is 0.427 e. The Hall–Kier alpha value is -1.08. The van der Waals surface area contributed by atoms with Crippen LogP contribution in [0, 0.1) is 0 Å². The molecule has 7 heteroatoms. The zero-order chi connectivity index (χ0) is 13.0. The van der Waals surface area contributed by atoms with Crippen molar-refractivity contribution in [2.24, 2.45) is 5.10 Å². The van der Waals surface area contributed by atoms with Crippen molar-refractivity contribution in [1.29, 1.82) is 0 Å². The van der Waals surface area contributed by atoms with E-state index in [0.29, 0.717) is 15.7 Å². The summed E-state index contributed by atoms with van der Waals surface area (Å²) in [5.41, 5.74) is 3.14. The third-order valence-electron chi connectivity index (χ3n) is 1.92. The number of hydrogen-bond donors (Lipinski definition) is 2. The number of phenolic OH excluding ortho intramolecular Hbond substituents is 1. The maximum absolute atomic E-state index is 10.8. The molecule has 0 unspecified atom stereocenters. The van der Waals surface area contributed by atoms with Gasteiger partial charge in [-0.25, -0.2) is 10.2 Å². The van der Waals surface area contributed by atoms with Gasteiger partial charge in [0.05, 0.1) is 17.3 Å². The normalized spacial score (nSPS) is 11.2. The highest BCUT2D eigenvalue weighted by atomic mass is 79.9. The van der Waals surface area contributed by atoms with Crippen LogP contribution in [-0.2, 0) is 4.74 Å². The molecule has 0 radical (unpaired) electrons. The molecule has 0 saturated heterocycles. The smallest absolute Gasteiger partial charge is 0.427 e. The van der Waals surface area contributed by atoms with Crippen LogP contribution in [0.1, 0.15) is 12.5 Å². The van der Waals surface area contributed by atoms with Crippen LogP contribution in [0.3, 0.4) is 0 Å². The Kier molecular flexibility index (Phi) is 4.95. The molecule has 1 amide bonds. The van der Waals surface area contributed by atoms with Gasteiger partial charge in [0.15, 0.2) is 0 Å². The summed E-state index contributed by atoms with van der Waals surface area (Å²) >= 11 is 6.51. The number of methoxy groups -OCH3 is 1. The molecule has 92 valence electrons. The van der Waals surface area contributed by atoms with Crippen LogP contribution >= 0.6 is 31.9 Å². The minimum atomic E-state index is -0.669. The number of ether oxygens (including phenoxy) is 1. The lowest BCUT2D eigenvalue weighted by molar-refractivity contribution is 0.171. The first-order valence-corrected chi connectivity index (χ1v) is 6.11. The Labute approximate surface area is 115 Å². The molecule has 0 aromatic heterocycles. The van der Waals surface area contributed by atoms with E-state index < -0.39 is 6.09 Å². The Bertz CT molecular complexity index is 475. The second-order valence-corrected chi connectivity index (χ2v) is 4.85. The third-order valence-corrected chi connectivity index (χ3v) is 2.98. The molecular weight excluding hydrogens is 356 g/mol. The highest BCUT2D eigenvalue weighted by Gasteiger charge is 2.10. The molecule has 0 saturated carbocycles. The predicted molar refractivity (Wildman–Crippen MR) is 71.3 cm³/mol. The lowest BCUT2D eigenvalue weighted by atomic mass is 10.1. The van der Waals surface area contributed by atoms with Crippen molar-refractivity contribution in [3.63, 3.8) is 0 Å². The second-order valence-electron chi connectivity index (χ2n) is 3.08. The monoisotopic (exact) mass is 364 g/mol. The molecule has 0 aliphatic carbocycles.